The van der Waals surface area contributed by atoms with Gasteiger partial charge < -0.3 is 15.8 Å². The molecule has 2 rings (SSSR count). The number of ether oxygens (including phenoxy) is 1. The number of carbonyl (C=O) groups excluding carboxylic acids is 2. The third-order valence-electron chi connectivity index (χ3n) is 4.10. The maximum Gasteiger partial charge on any atom is 0.253 e. The molecular formula is C17H24N2O3. The summed E-state index contributed by atoms with van der Waals surface area (Å²) >= 11 is 0. The zero-order valence-electron chi connectivity index (χ0n) is 13.2. The molecule has 0 bridgehead atoms. The molecule has 1 aliphatic rings. The molecule has 1 saturated carbocycles. The largest absolute Gasteiger partial charge is 0.366 e. The Balaban J connectivity index is 2.05. The first kappa shape index (κ1) is 16.5. The molecule has 0 aromatic heterocycles. The summed E-state index contributed by atoms with van der Waals surface area (Å²) in [7, 11) is 0. The Morgan fingerprint density at radius 3 is 2.64 bits per heavy atom. The van der Waals surface area contributed by atoms with Crippen molar-refractivity contribution in [3.8, 4) is 0 Å². The van der Waals surface area contributed by atoms with Gasteiger partial charge >= 0.3 is 0 Å². The van der Waals surface area contributed by atoms with E-state index < -0.39 is 12.0 Å². The predicted molar refractivity (Wildman–Crippen MR) is 85.7 cm³/mol. The van der Waals surface area contributed by atoms with Crippen molar-refractivity contribution in [3.05, 3.63) is 29.3 Å². The van der Waals surface area contributed by atoms with Gasteiger partial charge in [-0.05, 0) is 43.9 Å². The van der Waals surface area contributed by atoms with E-state index >= 15 is 0 Å². The van der Waals surface area contributed by atoms with Gasteiger partial charge in [0.1, 0.15) is 6.10 Å². The van der Waals surface area contributed by atoms with Crippen molar-refractivity contribution in [2.75, 3.05) is 5.32 Å². The molecule has 1 aliphatic carbocycles. The zero-order valence-corrected chi connectivity index (χ0v) is 13.2. The minimum absolute atomic E-state index is 0.167. The molecule has 0 radical (unpaired) electrons. The van der Waals surface area contributed by atoms with E-state index in [9.17, 15) is 9.59 Å². The Bertz CT molecular complexity index is 551. The SMILES string of the molecule is CC[C@@H](OC1CCCC1)C(=O)Nc1cc(C(N)=O)ccc1C. The van der Waals surface area contributed by atoms with Gasteiger partial charge in [-0.2, -0.15) is 0 Å². The molecule has 5 heteroatoms. The number of nitrogens with two attached hydrogens (primary N) is 1. The lowest BCUT2D eigenvalue weighted by atomic mass is 10.1. The molecule has 120 valence electrons. The summed E-state index contributed by atoms with van der Waals surface area (Å²) in [5.74, 6) is -0.677. The molecule has 3 N–H and O–H groups in total. The molecule has 1 aromatic carbocycles. The molecule has 0 aliphatic heterocycles. The van der Waals surface area contributed by atoms with Crippen molar-refractivity contribution in [2.24, 2.45) is 5.73 Å². The fourth-order valence-electron chi connectivity index (χ4n) is 2.72. The molecule has 5 nitrogen and oxygen atoms in total. The van der Waals surface area contributed by atoms with Gasteiger partial charge in [-0.3, -0.25) is 9.59 Å². The number of primary amides is 1. The number of hydrogen-bond acceptors (Lipinski definition) is 3. The summed E-state index contributed by atoms with van der Waals surface area (Å²) in [5, 5.41) is 2.86. The normalized spacial score (nSPS) is 16.5. The molecule has 2 amide bonds. The molecule has 0 heterocycles. The van der Waals surface area contributed by atoms with Crippen LogP contribution >= 0.6 is 0 Å². The number of amides is 2. The monoisotopic (exact) mass is 304 g/mol. The smallest absolute Gasteiger partial charge is 0.253 e. The van der Waals surface area contributed by atoms with Crippen LogP contribution < -0.4 is 11.1 Å². The summed E-state index contributed by atoms with van der Waals surface area (Å²) < 4.78 is 5.91. The summed E-state index contributed by atoms with van der Waals surface area (Å²) in [6.45, 7) is 3.81. The topological polar surface area (TPSA) is 81.4 Å². The second-order valence-electron chi connectivity index (χ2n) is 5.82. The fraction of sp³-hybridized carbons (Fsp3) is 0.529. The highest BCUT2D eigenvalue weighted by molar-refractivity contribution is 5.98. The molecule has 22 heavy (non-hydrogen) atoms. The van der Waals surface area contributed by atoms with Crippen LogP contribution in [0.4, 0.5) is 5.69 Å². The summed E-state index contributed by atoms with van der Waals surface area (Å²) in [6.07, 6.45) is 4.75. The van der Waals surface area contributed by atoms with Crippen molar-refractivity contribution in [2.45, 2.75) is 58.2 Å². The summed E-state index contributed by atoms with van der Waals surface area (Å²) in [4.78, 5) is 23.7. The third kappa shape index (κ3) is 4.07. The quantitative estimate of drug-likeness (QED) is 0.848. The van der Waals surface area contributed by atoms with Gasteiger partial charge in [0.15, 0.2) is 0 Å². The van der Waals surface area contributed by atoms with E-state index in [1.54, 1.807) is 18.2 Å². The number of aryl methyl sites for hydroxylation is 1. The van der Waals surface area contributed by atoms with Crippen LogP contribution in [0.15, 0.2) is 18.2 Å². The van der Waals surface area contributed by atoms with Crippen LogP contribution in [0, 0.1) is 6.92 Å². The second-order valence-corrected chi connectivity index (χ2v) is 5.82. The number of nitrogens with one attached hydrogen (secondary N) is 1. The second kappa shape index (κ2) is 7.40. The van der Waals surface area contributed by atoms with Crippen LogP contribution in [0.2, 0.25) is 0 Å². The number of carbonyl (C=O) groups is 2. The minimum Gasteiger partial charge on any atom is -0.366 e. The highest BCUT2D eigenvalue weighted by Gasteiger charge is 2.24. The van der Waals surface area contributed by atoms with Gasteiger partial charge in [0.05, 0.1) is 6.10 Å². The van der Waals surface area contributed by atoms with Gasteiger partial charge in [-0.1, -0.05) is 25.8 Å². The zero-order chi connectivity index (χ0) is 16.1. The van der Waals surface area contributed by atoms with Gasteiger partial charge in [-0.15, -0.1) is 0 Å². The van der Waals surface area contributed by atoms with Crippen LogP contribution in [0.1, 0.15) is 54.9 Å². The van der Waals surface area contributed by atoms with Crippen LogP contribution in [0.3, 0.4) is 0 Å². The Labute approximate surface area is 131 Å². The summed E-state index contributed by atoms with van der Waals surface area (Å²) in [5.41, 5.74) is 7.15. The van der Waals surface area contributed by atoms with Crippen LogP contribution in [0.25, 0.3) is 0 Å². The first-order valence-corrected chi connectivity index (χ1v) is 7.88. The first-order chi connectivity index (χ1) is 10.5. The minimum atomic E-state index is -0.509. The van der Waals surface area contributed by atoms with Crippen LogP contribution in [0.5, 0.6) is 0 Å². The van der Waals surface area contributed by atoms with E-state index in [1.807, 2.05) is 13.8 Å². The van der Waals surface area contributed by atoms with Gasteiger partial charge in [0.25, 0.3) is 5.91 Å². The van der Waals surface area contributed by atoms with Crippen molar-refractivity contribution in [1.29, 1.82) is 0 Å². The van der Waals surface area contributed by atoms with E-state index in [4.69, 9.17) is 10.5 Å². The molecule has 1 atom stereocenters. The number of rotatable bonds is 6. The van der Waals surface area contributed by atoms with E-state index in [1.165, 1.54) is 12.8 Å². The van der Waals surface area contributed by atoms with E-state index in [2.05, 4.69) is 5.32 Å². The number of hydrogen-bond donors (Lipinski definition) is 2. The molecule has 0 spiro atoms. The van der Waals surface area contributed by atoms with Gasteiger partial charge in [-0.25, -0.2) is 0 Å². The summed E-state index contributed by atoms with van der Waals surface area (Å²) in [6, 6.07) is 5.03. The van der Waals surface area contributed by atoms with Crippen molar-refractivity contribution in [1.82, 2.24) is 0 Å². The molecule has 0 saturated heterocycles. The number of benzene rings is 1. The Morgan fingerprint density at radius 1 is 1.36 bits per heavy atom. The highest BCUT2D eigenvalue weighted by Crippen LogP contribution is 2.24. The lowest BCUT2D eigenvalue weighted by molar-refractivity contribution is -0.131. The molecular weight excluding hydrogens is 280 g/mol. The first-order valence-electron chi connectivity index (χ1n) is 7.88. The fourth-order valence-corrected chi connectivity index (χ4v) is 2.72. The van der Waals surface area contributed by atoms with Crippen LogP contribution in [-0.2, 0) is 9.53 Å². The lowest BCUT2D eigenvalue weighted by Crippen LogP contribution is -2.33. The predicted octanol–water partition coefficient (Wildman–Crippen LogP) is 2.77. The van der Waals surface area contributed by atoms with Crippen molar-refractivity contribution in [3.63, 3.8) is 0 Å². The molecule has 0 unspecified atom stereocenters. The maximum atomic E-state index is 12.4. The molecule has 1 aromatic rings. The Kier molecular flexibility index (Phi) is 5.55. The van der Waals surface area contributed by atoms with Crippen molar-refractivity contribution < 1.29 is 14.3 Å². The third-order valence-corrected chi connectivity index (χ3v) is 4.10. The van der Waals surface area contributed by atoms with Gasteiger partial charge in [0.2, 0.25) is 5.91 Å². The van der Waals surface area contributed by atoms with E-state index in [0.29, 0.717) is 17.7 Å². The van der Waals surface area contributed by atoms with E-state index in [-0.39, 0.29) is 12.0 Å². The van der Waals surface area contributed by atoms with Crippen molar-refractivity contribution >= 4 is 17.5 Å². The Hall–Kier alpha value is -1.88. The maximum absolute atomic E-state index is 12.4. The number of anilines is 1. The Morgan fingerprint density at radius 2 is 2.05 bits per heavy atom. The molecule has 1 fully saturated rings. The van der Waals surface area contributed by atoms with Crippen LogP contribution in [-0.4, -0.2) is 24.0 Å². The highest BCUT2D eigenvalue weighted by atomic mass is 16.5. The standard InChI is InChI=1S/C17H24N2O3/c1-3-15(22-13-6-4-5-7-13)17(21)19-14-10-12(16(18)20)9-8-11(14)2/h8-10,13,15H,3-7H2,1-2H3,(H2,18,20)(H,19,21)/t15-/m1/s1. The average molecular weight is 304 g/mol. The van der Waals surface area contributed by atoms with Gasteiger partial charge in [0, 0.05) is 11.3 Å². The van der Waals surface area contributed by atoms with E-state index in [0.717, 1.165) is 18.4 Å². The average Bonchev–Trinajstić information content (AvgIpc) is 2.99. The lowest BCUT2D eigenvalue weighted by Gasteiger charge is -2.21.